The van der Waals surface area contributed by atoms with Crippen molar-refractivity contribution in [2.24, 2.45) is 0 Å². The summed E-state index contributed by atoms with van der Waals surface area (Å²) in [6, 6.07) is 17.5. The van der Waals surface area contributed by atoms with E-state index in [9.17, 15) is 14.3 Å². The highest BCUT2D eigenvalue weighted by molar-refractivity contribution is 7.21. The Balaban J connectivity index is 1.35. The number of thiazole rings is 1. The largest absolute Gasteiger partial charge is 0.508 e. The molecule has 1 aliphatic heterocycles. The van der Waals surface area contributed by atoms with E-state index in [-0.39, 0.29) is 24.0 Å². The number of carbonyl (C=O) groups is 1. The first-order valence-corrected chi connectivity index (χ1v) is 13.4. The quantitative estimate of drug-likeness (QED) is 0.299. The molecule has 3 aromatic carbocycles. The number of amides is 1. The number of aromatic hydroxyl groups is 1. The highest BCUT2D eigenvalue weighted by Gasteiger charge is 2.21. The first-order chi connectivity index (χ1) is 18.0. The Kier molecular flexibility index (Phi) is 7.67. The van der Waals surface area contributed by atoms with Gasteiger partial charge < -0.3 is 14.7 Å². The van der Waals surface area contributed by atoms with Gasteiger partial charge >= 0.3 is 0 Å². The molecule has 1 N–H and O–H groups in total. The monoisotopic (exact) mass is 519 g/mol. The number of nitrogens with zero attached hydrogens (tertiary/aromatic N) is 3. The Labute approximate surface area is 219 Å². The number of likely N-dealkylation sites (tertiary alicyclic amines) is 1. The molecular formula is C29H30FN3O3S. The first-order valence-electron chi connectivity index (χ1n) is 12.6. The maximum Gasteiger partial charge on any atom is 0.224 e. The number of benzene rings is 3. The molecule has 4 aromatic rings. The lowest BCUT2D eigenvalue weighted by atomic mass is 10.1. The van der Waals surface area contributed by atoms with Crippen LogP contribution in [-0.4, -0.2) is 47.1 Å². The Bertz CT molecular complexity index is 1370. The maximum atomic E-state index is 14.9. The topological polar surface area (TPSA) is 65.9 Å². The van der Waals surface area contributed by atoms with E-state index in [1.807, 2.05) is 24.3 Å². The third-order valence-electron chi connectivity index (χ3n) is 6.63. The van der Waals surface area contributed by atoms with Crippen LogP contribution in [0.4, 0.5) is 10.1 Å². The molecule has 1 aliphatic rings. The van der Waals surface area contributed by atoms with Gasteiger partial charge in [-0.25, -0.2) is 9.37 Å². The summed E-state index contributed by atoms with van der Waals surface area (Å²) < 4.78 is 21.7. The zero-order chi connectivity index (χ0) is 25.8. The zero-order valence-electron chi connectivity index (χ0n) is 20.8. The molecule has 0 spiro atoms. The molecule has 6 nitrogen and oxygen atoms in total. The number of ether oxygens (including phenoxy) is 1. The smallest absolute Gasteiger partial charge is 0.224 e. The minimum Gasteiger partial charge on any atom is -0.508 e. The SMILES string of the molecule is CC(=O)N(Cc1ccc(OCCN2CCCCC2)c(F)c1)c1cc(O)ccc1-c1nc2ccccc2s1. The molecule has 0 bridgehead atoms. The van der Waals surface area contributed by atoms with Gasteiger partial charge in [-0.1, -0.05) is 24.6 Å². The summed E-state index contributed by atoms with van der Waals surface area (Å²) in [5.41, 5.74) is 2.74. The van der Waals surface area contributed by atoms with Crippen molar-refractivity contribution in [3.05, 3.63) is 72.0 Å². The lowest BCUT2D eigenvalue weighted by molar-refractivity contribution is -0.116. The second-order valence-electron chi connectivity index (χ2n) is 9.31. The lowest BCUT2D eigenvalue weighted by Crippen LogP contribution is -2.33. The number of hydrogen-bond acceptors (Lipinski definition) is 6. The Morgan fingerprint density at radius 1 is 1.11 bits per heavy atom. The highest BCUT2D eigenvalue weighted by atomic mass is 32.1. The summed E-state index contributed by atoms with van der Waals surface area (Å²) in [5, 5.41) is 11.0. The van der Waals surface area contributed by atoms with E-state index in [1.54, 1.807) is 30.3 Å². The molecule has 2 heterocycles. The minimum absolute atomic E-state index is 0.0368. The predicted octanol–water partition coefficient (Wildman–Crippen LogP) is 6.23. The van der Waals surface area contributed by atoms with Crippen LogP contribution in [0, 0.1) is 5.82 Å². The average Bonchev–Trinajstić information content (AvgIpc) is 3.33. The molecule has 0 radical (unpaired) electrons. The van der Waals surface area contributed by atoms with Gasteiger partial charge in [0, 0.05) is 25.1 Å². The Morgan fingerprint density at radius 3 is 2.68 bits per heavy atom. The van der Waals surface area contributed by atoms with E-state index in [0.29, 0.717) is 17.9 Å². The second kappa shape index (κ2) is 11.3. The van der Waals surface area contributed by atoms with Crippen LogP contribution in [0.3, 0.4) is 0 Å². The molecule has 0 aliphatic carbocycles. The predicted molar refractivity (Wildman–Crippen MR) is 146 cm³/mol. The number of phenols is 1. The molecule has 1 amide bonds. The first kappa shape index (κ1) is 25.2. The van der Waals surface area contributed by atoms with Crippen LogP contribution in [-0.2, 0) is 11.3 Å². The van der Waals surface area contributed by atoms with Crippen molar-refractivity contribution >= 4 is 33.1 Å². The Hall–Kier alpha value is -3.49. The highest BCUT2D eigenvalue weighted by Crippen LogP contribution is 2.38. The van der Waals surface area contributed by atoms with Gasteiger partial charge in [0.15, 0.2) is 11.6 Å². The van der Waals surface area contributed by atoms with Gasteiger partial charge in [-0.05, 0) is 67.9 Å². The van der Waals surface area contributed by atoms with E-state index in [1.165, 1.54) is 48.5 Å². The van der Waals surface area contributed by atoms with Gasteiger partial charge in [0.25, 0.3) is 0 Å². The molecular weight excluding hydrogens is 489 g/mol. The zero-order valence-corrected chi connectivity index (χ0v) is 21.6. The van der Waals surface area contributed by atoms with Gasteiger partial charge in [-0.2, -0.15) is 0 Å². The number of rotatable bonds is 8. The van der Waals surface area contributed by atoms with Crippen molar-refractivity contribution in [1.29, 1.82) is 0 Å². The third kappa shape index (κ3) is 5.92. The van der Waals surface area contributed by atoms with Gasteiger partial charge in [0.05, 0.1) is 22.4 Å². The lowest BCUT2D eigenvalue weighted by Gasteiger charge is -2.26. The number of anilines is 1. The van der Waals surface area contributed by atoms with Crippen molar-refractivity contribution < 1.29 is 19.0 Å². The van der Waals surface area contributed by atoms with Crippen molar-refractivity contribution in [2.45, 2.75) is 32.7 Å². The van der Waals surface area contributed by atoms with Crippen LogP contribution >= 0.6 is 11.3 Å². The number of hydrogen-bond donors (Lipinski definition) is 1. The molecule has 1 aromatic heterocycles. The molecule has 0 atom stereocenters. The van der Waals surface area contributed by atoms with E-state index in [2.05, 4.69) is 4.90 Å². The number of phenolic OH excluding ortho intramolecular Hbond substituents is 1. The average molecular weight is 520 g/mol. The molecule has 0 unspecified atom stereocenters. The van der Waals surface area contributed by atoms with Gasteiger partial charge in [0.1, 0.15) is 17.4 Å². The number of carbonyl (C=O) groups excluding carboxylic acids is 1. The summed E-state index contributed by atoms with van der Waals surface area (Å²) in [4.78, 5) is 21.4. The normalized spacial score (nSPS) is 14.1. The number of aromatic nitrogens is 1. The fourth-order valence-corrected chi connectivity index (χ4v) is 5.69. The van der Waals surface area contributed by atoms with Crippen molar-refractivity contribution in [3.63, 3.8) is 0 Å². The van der Waals surface area contributed by atoms with Gasteiger partial charge in [-0.15, -0.1) is 11.3 Å². The number of fused-ring (bicyclic) bond motifs is 1. The minimum atomic E-state index is -0.457. The van der Waals surface area contributed by atoms with Crippen LogP contribution < -0.4 is 9.64 Å². The summed E-state index contributed by atoms with van der Waals surface area (Å²) in [6.45, 7) is 4.96. The standard InChI is InChI=1S/C29H30FN3O3S/c1-20(34)33(19-21-9-12-27(24(30)17-21)36-16-15-32-13-5-2-6-14-32)26-18-22(35)10-11-23(26)29-31-25-7-3-4-8-28(25)37-29/h3-4,7-12,17-18,35H,2,5-6,13-16,19H2,1H3. The molecule has 1 saturated heterocycles. The van der Waals surface area contributed by atoms with Crippen LogP contribution in [0.1, 0.15) is 31.7 Å². The molecule has 1 fully saturated rings. The number of para-hydroxylation sites is 1. The summed E-state index contributed by atoms with van der Waals surface area (Å²) in [7, 11) is 0. The summed E-state index contributed by atoms with van der Waals surface area (Å²) in [6.07, 6.45) is 3.68. The van der Waals surface area contributed by atoms with Crippen molar-refractivity contribution in [1.82, 2.24) is 9.88 Å². The van der Waals surface area contributed by atoms with Crippen LogP contribution in [0.2, 0.25) is 0 Å². The molecule has 8 heteroatoms. The van der Waals surface area contributed by atoms with Crippen molar-refractivity contribution in [2.75, 3.05) is 31.1 Å². The summed E-state index contributed by atoms with van der Waals surface area (Å²) >= 11 is 1.52. The van der Waals surface area contributed by atoms with Gasteiger partial charge in [0.2, 0.25) is 5.91 Å². The third-order valence-corrected chi connectivity index (χ3v) is 7.70. The number of halogens is 1. The molecule has 192 valence electrons. The van der Waals surface area contributed by atoms with Crippen LogP contribution in [0.15, 0.2) is 60.7 Å². The van der Waals surface area contributed by atoms with E-state index < -0.39 is 5.82 Å². The summed E-state index contributed by atoms with van der Waals surface area (Å²) in [5.74, 6) is -0.436. The van der Waals surface area contributed by atoms with E-state index in [0.717, 1.165) is 40.4 Å². The fraction of sp³-hybridized carbons (Fsp3) is 0.310. The fourth-order valence-electron chi connectivity index (χ4n) is 4.69. The molecule has 37 heavy (non-hydrogen) atoms. The van der Waals surface area contributed by atoms with Crippen molar-refractivity contribution in [3.8, 4) is 22.1 Å². The van der Waals surface area contributed by atoms with E-state index >= 15 is 0 Å². The molecule has 5 rings (SSSR count). The maximum absolute atomic E-state index is 14.9. The second-order valence-corrected chi connectivity index (χ2v) is 10.3. The van der Waals surface area contributed by atoms with Crippen LogP contribution in [0.25, 0.3) is 20.8 Å². The molecule has 0 saturated carbocycles. The number of piperidine rings is 1. The van der Waals surface area contributed by atoms with Crippen LogP contribution in [0.5, 0.6) is 11.5 Å². The van der Waals surface area contributed by atoms with E-state index in [4.69, 9.17) is 9.72 Å². The van der Waals surface area contributed by atoms with Gasteiger partial charge in [-0.3, -0.25) is 9.69 Å². The Morgan fingerprint density at radius 2 is 1.92 bits per heavy atom.